The van der Waals surface area contributed by atoms with Gasteiger partial charge in [0.15, 0.2) is 0 Å². The summed E-state index contributed by atoms with van der Waals surface area (Å²) < 4.78 is 47.4. The average Bonchev–Trinajstić information content (AvgIpc) is 3.30. The Balaban J connectivity index is 1.53. The van der Waals surface area contributed by atoms with Gasteiger partial charge in [0.1, 0.15) is 11.6 Å². The Kier molecular flexibility index (Phi) is 4.66. The van der Waals surface area contributed by atoms with Crippen molar-refractivity contribution in [2.75, 3.05) is 0 Å². The second kappa shape index (κ2) is 7.30. The van der Waals surface area contributed by atoms with Crippen LogP contribution in [0.25, 0.3) is 23.1 Å². The first-order valence-corrected chi connectivity index (χ1v) is 8.24. The van der Waals surface area contributed by atoms with Crippen LogP contribution in [0.1, 0.15) is 11.5 Å². The molecular formula is C17H12F3N7O2. The smallest absolute Gasteiger partial charge is 0.406 e. The Hall–Kier alpha value is -3.83. The fourth-order valence-electron chi connectivity index (χ4n) is 2.46. The van der Waals surface area contributed by atoms with E-state index < -0.39 is 6.36 Å². The quantitative estimate of drug-likeness (QED) is 0.501. The predicted octanol–water partition coefficient (Wildman–Crippen LogP) is 3.04. The molecule has 0 saturated carbocycles. The van der Waals surface area contributed by atoms with Gasteiger partial charge >= 0.3 is 6.36 Å². The number of ether oxygens (including phenoxy) is 1. The molecule has 0 amide bonds. The van der Waals surface area contributed by atoms with Gasteiger partial charge in [-0.25, -0.2) is 9.67 Å². The second-order valence-corrected chi connectivity index (χ2v) is 5.83. The third-order valence-corrected chi connectivity index (χ3v) is 3.75. The van der Waals surface area contributed by atoms with E-state index in [4.69, 9.17) is 4.52 Å². The van der Waals surface area contributed by atoms with E-state index in [0.29, 0.717) is 23.6 Å². The molecular weight excluding hydrogens is 391 g/mol. The molecule has 4 rings (SSSR count). The molecule has 0 bridgehead atoms. The highest BCUT2D eigenvalue weighted by Crippen LogP contribution is 2.26. The third kappa shape index (κ3) is 4.36. The fourth-order valence-corrected chi connectivity index (χ4v) is 2.46. The van der Waals surface area contributed by atoms with Gasteiger partial charge in [-0.15, -0.1) is 18.3 Å². The van der Waals surface area contributed by atoms with Crippen molar-refractivity contribution in [3.05, 3.63) is 54.4 Å². The van der Waals surface area contributed by atoms with Crippen molar-refractivity contribution in [1.29, 1.82) is 0 Å². The van der Waals surface area contributed by atoms with Crippen LogP contribution in [0.15, 0.2) is 47.4 Å². The van der Waals surface area contributed by atoms with Crippen molar-refractivity contribution < 1.29 is 22.4 Å². The second-order valence-electron chi connectivity index (χ2n) is 5.83. The van der Waals surface area contributed by atoms with E-state index in [9.17, 15) is 13.2 Å². The van der Waals surface area contributed by atoms with Crippen LogP contribution in [0.2, 0.25) is 0 Å². The molecule has 0 aliphatic heterocycles. The molecule has 0 atom stereocenters. The van der Waals surface area contributed by atoms with E-state index in [0.717, 1.165) is 12.1 Å². The average molecular weight is 403 g/mol. The number of aromatic nitrogens is 7. The molecule has 3 aromatic heterocycles. The molecule has 0 N–H and O–H groups in total. The fraction of sp³-hybridized carbons (Fsp3) is 0.176. The highest BCUT2D eigenvalue weighted by molar-refractivity contribution is 5.57. The van der Waals surface area contributed by atoms with E-state index in [-0.39, 0.29) is 23.3 Å². The van der Waals surface area contributed by atoms with Crippen molar-refractivity contribution in [1.82, 2.24) is 34.9 Å². The number of alkyl halides is 3. The molecule has 0 radical (unpaired) electrons. The van der Waals surface area contributed by atoms with Crippen LogP contribution in [0.3, 0.4) is 0 Å². The highest BCUT2D eigenvalue weighted by atomic mass is 19.4. The van der Waals surface area contributed by atoms with Gasteiger partial charge in [-0.3, -0.25) is 9.97 Å². The molecule has 0 saturated heterocycles. The summed E-state index contributed by atoms with van der Waals surface area (Å²) in [4.78, 5) is 16.7. The summed E-state index contributed by atoms with van der Waals surface area (Å²) in [6.45, 7) is 2.14. The first-order chi connectivity index (χ1) is 13.9. The van der Waals surface area contributed by atoms with E-state index in [2.05, 4.69) is 34.9 Å². The maximum atomic E-state index is 12.2. The van der Waals surface area contributed by atoms with Crippen molar-refractivity contribution in [3.63, 3.8) is 0 Å². The summed E-state index contributed by atoms with van der Waals surface area (Å²) in [6.07, 6.45) is 0.0228. The first-order valence-electron chi connectivity index (χ1n) is 8.24. The number of nitrogens with zero attached hydrogens (tertiary/aromatic N) is 7. The molecule has 4 aromatic rings. The number of hydrogen-bond donors (Lipinski definition) is 0. The van der Waals surface area contributed by atoms with Crippen molar-refractivity contribution in [2.24, 2.45) is 0 Å². The predicted molar refractivity (Wildman–Crippen MR) is 91.3 cm³/mol. The van der Waals surface area contributed by atoms with Gasteiger partial charge in [0.05, 0.1) is 18.4 Å². The standard InChI is InChI=1S/C17H12F3N7O2/c1-10-23-15(25-27(10)9-12-8-21-6-7-22-12)16-24-14(26-29-16)11-2-4-13(5-3-11)28-17(18,19)20/h2-8H,9H2,1H3. The summed E-state index contributed by atoms with van der Waals surface area (Å²) in [5, 5.41) is 8.16. The third-order valence-electron chi connectivity index (χ3n) is 3.75. The largest absolute Gasteiger partial charge is 0.573 e. The lowest BCUT2D eigenvalue weighted by molar-refractivity contribution is -0.274. The van der Waals surface area contributed by atoms with E-state index in [1.807, 2.05) is 0 Å². The minimum absolute atomic E-state index is 0.0802. The molecule has 3 heterocycles. The molecule has 0 aliphatic rings. The van der Waals surface area contributed by atoms with Crippen LogP contribution in [-0.2, 0) is 6.54 Å². The maximum absolute atomic E-state index is 12.2. The lowest BCUT2D eigenvalue weighted by Gasteiger charge is -2.08. The Labute approximate surface area is 161 Å². The maximum Gasteiger partial charge on any atom is 0.573 e. The molecule has 0 fully saturated rings. The molecule has 29 heavy (non-hydrogen) atoms. The molecule has 0 spiro atoms. The summed E-state index contributed by atoms with van der Waals surface area (Å²) >= 11 is 0. The normalized spacial score (nSPS) is 11.6. The topological polar surface area (TPSA) is 105 Å². The molecule has 0 aliphatic carbocycles. The zero-order valence-corrected chi connectivity index (χ0v) is 14.8. The Morgan fingerprint density at radius 2 is 1.86 bits per heavy atom. The van der Waals surface area contributed by atoms with Crippen LogP contribution >= 0.6 is 0 Å². The summed E-state index contributed by atoms with van der Waals surface area (Å²) in [5.41, 5.74) is 1.16. The molecule has 12 heteroatoms. The highest BCUT2D eigenvalue weighted by Gasteiger charge is 2.31. The van der Waals surface area contributed by atoms with Crippen LogP contribution in [0.5, 0.6) is 5.75 Å². The molecule has 148 valence electrons. The lowest BCUT2D eigenvalue weighted by atomic mass is 10.2. The molecule has 9 nitrogen and oxygen atoms in total. The number of halogens is 3. The van der Waals surface area contributed by atoms with Gasteiger partial charge in [0, 0.05) is 18.0 Å². The number of benzene rings is 1. The van der Waals surface area contributed by atoms with E-state index >= 15 is 0 Å². The number of hydrogen-bond acceptors (Lipinski definition) is 8. The van der Waals surface area contributed by atoms with Crippen LogP contribution in [-0.4, -0.2) is 41.2 Å². The van der Waals surface area contributed by atoms with Gasteiger partial charge in [0.2, 0.25) is 11.6 Å². The number of aryl methyl sites for hydroxylation is 1. The zero-order valence-electron chi connectivity index (χ0n) is 14.8. The van der Waals surface area contributed by atoms with Crippen LogP contribution < -0.4 is 4.74 Å². The monoisotopic (exact) mass is 403 g/mol. The van der Waals surface area contributed by atoms with Crippen LogP contribution in [0.4, 0.5) is 13.2 Å². The van der Waals surface area contributed by atoms with Gasteiger partial charge in [0.25, 0.3) is 5.89 Å². The van der Waals surface area contributed by atoms with Crippen molar-refractivity contribution in [2.45, 2.75) is 19.8 Å². The Bertz CT molecular complexity index is 1110. The van der Waals surface area contributed by atoms with E-state index in [1.54, 1.807) is 30.2 Å². The Morgan fingerprint density at radius 3 is 2.55 bits per heavy atom. The summed E-state index contributed by atoms with van der Waals surface area (Å²) in [5.74, 6) is 0.754. The first kappa shape index (κ1) is 18.5. The molecule has 0 unspecified atom stereocenters. The summed E-state index contributed by atoms with van der Waals surface area (Å²) in [6, 6.07) is 5.11. The van der Waals surface area contributed by atoms with E-state index in [1.165, 1.54) is 12.1 Å². The van der Waals surface area contributed by atoms with Crippen molar-refractivity contribution in [3.8, 4) is 28.9 Å². The lowest BCUT2D eigenvalue weighted by Crippen LogP contribution is -2.16. The van der Waals surface area contributed by atoms with Gasteiger partial charge in [-0.05, 0) is 31.2 Å². The minimum atomic E-state index is -4.76. The molecule has 1 aromatic carbocycles. The van der Waals surface area contributed by atoms with Gasteiger partial charge in [-0.1, -0.05) is 5.16 Å². The van der Waals surface area contributed by atoms with Crippen molar-refractivity contribution >= 4 is 0 Å². The zero-order chi connectivity index (χ0) is 20.4. The Morgan fingerprint density at radius 1 is 1.07 bits per heavy atom. The SMILES string of the molecule is Cc1nc(-c2nc(-c3ccc(OC(F)(F)F)cc3)no2)nn1Cc1cnccn1. The van der Waals surface area contributed by atoms with Gasteiger partial charge < -0.3 is 9.26 Å². The van der Waals surface area contributed by atoms with Crippen LogP contribution in [0, 0.1) is 6.92 Å². The van der Waals surface area contributed by atoms with Gasteiger partial charge in [-0.2, -0.15) is 4.98 Å². The summed E-state index contributed by atoms with van der Waals surface area (Å²) in [7, 11) is 0. The minimum Gasteiger partial charge on any atom is -0.406 e. The number of rotatable bonds is 5.